The van der Waals surface area contributed by atoms with Crippen LogP contribution < -0.4 is 4.90 Å². The van der Waals surface area contributed by atoms with Gasteiger partial charge in [0.05, 0.1) is 17.1 Å². The molecule has 0 saturated heterocycles. The van der Waals surface area contributed by atoms with Crippen molar-refractivity contribution >= 4 is 27.9 Å². The van der Waals surface area contributed by atoms with Crippen molar-refractivity contribution in [2.45, 2.75) is 38.0 Å². The Labute approximate surface area is 214 Å². The molecule has 4 aromatic rings. The Morgan fingerprint density at radius 1 is 0.778 bits per heavy atom. The Morgan fingerprint density at radius 2 is 1.50 bits per heavy atom. The summed E-state index contributed by atoms with van der Waals surface area (Å²) in [5.74, 6) is 0. The maximum Gasteiger partial charge on any atom is 0.0675 e. The third-order valence-electron chi connectivity index (χ3n) is 8.12. The van der Waals surface area contributed by atoms with Crippen molar-refractivity contribution in [2.75, 3.05) is 11.9 Å². The number of anilines is 1. The predicted molar refractivity (Wildman–Crippen MR) is 154 cm³/mol. The van der Waals surface area contributed by atoms with Crippen LogP contribution in [0, 0.1) is 0 Å². The molecule has 0 saturated carbocycles. The fourth-order valence-electron chi connectivity index (χ4n) is 6.19. The summed E-state index contributed by atoms with van der Waals surface area (Å²) in [6.07, 6.45) is 7.63. The van der Waals surface area contributed by atoms with Gasteiger partial charge in [0.15, 0.2) is 0 Å². The van der Waals surface area contributed by atoms with Gasteiger partial charge in [-0.3, -0.25) is 4.99 Å². The van der Waals surface area contributed by atoms with E-state index in [1.165, 1.54) is 38.8 Å². The van der Waals surface area contributed by atoms with Crippen LogP contribution in [0.5, 0.6) is 0 Å². The average Bonchev–Trinajstić information content (AvgIpc) is 3.27. The topological polar surface area (TPSA) is 15.6 Å². The number of nitrogens with zero attached hydrogens (tertiary/aromatic N) is 2. The van der Waals surface area contributed by atoms with Crippen LogP contribution in [0.2, 0.25) is 0 Å². The number of rotatable bonds is 4. The predicted octanol–water partition coefficient (Wildman–Crippen LogP) is 8.29. The third kappa shape index (κ3) is 3.44. The summed E-state index contributed by atoms with van der Waals surface area (Å²) in [5, 5.41) is 2.59. The first-order valence-electron chi connectivity index (χ1n) is 12.8. The highest BCUT2D eigenvalue weighted by Gasteiger charge is 2.40. The molecule has 0 aromatic heterocycles. The summed E-state index contributed by atoms with van der Waals surface area (Å²) < 4.78 is 0. The van der Waals surface area contributed by atoms with E-state index in [0.29, 0.717) is 0 Å². The van der Waals surface area contributed by atoms with Gasteiger partial charge in [0.1, 0.15) is 0 Å². The summed E-state index contributed by atoms with van der Waals surface area (Å²) in [4.78, 5) is 7.46. The fourth-order valence-corrected chi connectivity index (χ4v) is 6.19. The molecule has 6 rings (SSSR count). The van der Waals surface area contributed by atoms with Gasteiger partial charge in [0.2, 0.25) is 0 Å². The Bertz CT molecular complexity index is 1550. The number of aliphatic imine (C=N–C) groups is 1. The smallest absolute Gasteiger partial charge is 0.0675 e. The largest absolute Gasteiger partial charge is 0.347 e. The molecule has 0 N–H and O–H groups in total. The number of benzene rings is 4. The molecule has 0 radical (unpaired) electrons. The molecule has 0 aliphatic carbocycles. The van der Waals surface area contributed by atoms with E-state index in [0.717, 1.165) is 17.8 Å². The zero-order chi connectivity index (χ0) is 24.9. The molecule has 2 heterocycles. The van der Waals surface area contributed by atoms with Gasteiger partial charge in [-0.25, -0.2) is 0 Å². The van der Waals surface area contributed by atoms with E-state index in [1.54, 1.807) is 0 Å². The zero-order valence-electron chi connectivity index (χ0n) is 21.5. The van der Waals surface area contributed by atoms with E-state index in [9.17, 15) is 0 Å². The van der Waals surface area contributed by atoms with Gasteiger partial charge in [-0.05, 0) is 53.6 Å². The fraction of sp³-hybridized carbons (Fsp3) is 0.206. The molecule has 2 nitrogen and oxygen atoms in total. The molecule has 0 bridgehead atoms. The van der Waals surface area contributed by atoms with Gasteiger partial charge in [0, 0.05) is 29.0 Å². The molecule has 0 spiro atoms. The third-order valence-corrected chi connectivity index (χ3v) is 8.12. The van der Waals surface area contributed by atoms with E-state index >= 15 is 0 Å². The number of fused-ring (bicyclic) bond motifs is 4. The second-order valence-electron chi connectivity index (χ2n) is 10.8. The molecule has 178 valence electrons. The highest BCUT2D eigenvalue weighted by Crippen LogP contribution is 2.50. The second kappa shape index (κ2) is 8.34. The molecule has 4 aromatic carbocycles. The van der Waals surface area contributed by atoms with Crippen LogP contribution in [0.25, 0.3) is 10.8 Å². The van der Waals surface area contributed by atoms with Crippen LogP contribution in [0.15, 0.2) is 120 Å². The highest BCUT2D eigenvalue weighted by atomic mass is 15.2. The van der Waals surface area contributed by atoms with Crippen molar-refractivity contribution in [1.29, 1.82) is 0 Å². The SMILES string of the molecule is CN1/C(=C/C=C/C2=Nc3ccccc3C2(C)Cc2ccccc2)C(C)(C)c2ccc3ccccc3c21. The molecule has 1 unspecified atom stereocenters. The minimum atomic E-state index is -0.163. The van der Waals surface area contributed by atoms with Crippen molar-refractivity contribution < 1.29 is 0 Å². The normalized spacial score (nSPS) is 21.3. The second-order valence-corrected chi connectivity index (χ2v) is 10.8. The Morgan fingerprint density at radius 3 is 2.33 bits per heavy atom. The van der Waals surface area contributed by atoms with Gasteiger partial charge < -0.3 is 4.90 Å². The van der Waals surface area contributed by atoms with Crippen LogP contribution in [-0.4, -0.2) is 12.8 Å². The molecular formula is C34H32N2. The van der Waals surface area contributed by atoms with Gasteiger partial charge in [-0.2, -0.15) is 0 Å². The quantitative estimate of drug-likeness (QED) is 0.294. The first kappa shape index (κ1) is 22.5. The van der Waals surface area contributed by atoms with Crippen LogP contribution in [0.4, 0.5) is 11.4 Å². The van der Waals surface area contributed by atoms with Crippen molar-refractivity contribution in [3.63, 3.8) is 0 Å². The van der Waals surface area contributed by atoms with Crippen LogP contribution >= 0.6 is 0 Å². The highest BCUT2D eigenvalue weighted by molar-refractivity contribution is 6.09. The minimum absolute atomic E-state index is 0.0771. The summed E-state index contributed by atoms with van der Waals surface area (Å²) in [7, 11) is 2.20. The Kier molecular flexibility index (Phi) is 5.22. The molecule has 1 atom stereocenters. The number of hydrogen-bond acceptors (Lipinski definition) is 2. The Hall–Kier alpha value is -3.91. The standard InChI is InChI=1S/C34H32N2/c1-33(2)28-22-21-25-15-8-9-16-26(25)32(28)36(4)31(33)20-12-19-30-34(3,23-24-13-6-5-7-14-24)27-17-10-11-18-29(27)35-30/h5-22H,23H2,1-4H3/b19-12+,31-20+. The maximum absolute atomic E-state index is 5.09. The van der Waals surface area contributed by atoms with Crippen molar-refractivity contribution in [3.8, 4) is 0 Å². The Balaban J connectivity index is 1.37. The van der Waals surface area contributed by atoms with E-state index in [-0.39, 0.29) is 10.8 Å². The lowest BCUT2D eigenvalue weighted by atomic mass is 9.74. The molecule has 2 aliphatic rings. The van der Waals surface area contributed by atoms with E-state index in [4.69, 9.17) is 4.99 Å². The van der Waals surface area contributed by atoms with Crippen molar-refractivity contribution in [1.82, 2.24) is 0 Å². The van der Waals surface area contributed by atoms with Crippen molar-refractivity contribution in [2.24, 2.45) is 4.99 Å². The summed E-state index contributed by atoms with van der Waals surface area (Å²) in [5.41, 5.74) is 8.58. The van der Waals surface area contributed by atoms with Gasteiger partial charge in [-0.1, -0.05) is 105 Å². The lowest BCUT2D eigenvalue weighted by Gasteiger charge is -2.27. The first-order chi connectivity index (χ1) is 17.4. The molecule has 36 heavy (non-hydrogen) atoms. The van der Waals surface area contributed by atoms with Gasteiger partial charge >= 0.3 is 0 Å². The molecule has 0 amide bonds. The van der Waals surface area contributed by atoms with Gasteiger partial charge in [-0.15, -0.1) is 0 Å². The monoisotopic (exact) mass is 468 g/mol. The van der Waals surface area contributed by atoms with Crippen LogP contribution in [-0.2, 0) is 17.3 Å². The molecule has 2 aliphatic heterocycles. The number of para-hydroxylation sites is 1. The average molecular weight is 469 g/mol. The maximum atomic E-state index is 5.09. The number of allylic oxidation sites excluding steroid dienone is 4. The lowest BCUT2D eigenvalue weighted by molar-refractivity contribution is 0.640. The molecule has 0 fully saturated rings. The van der Waals surface area contributed by atoms with Crippen molar-refractivity contribution in [3.05, 3.63) is 132 Å². The van der Waals surface area contributed by atoms with Crippen LogP contribution in [0.3, 0.4) is 0 Å². The van der Waals surface area contributed by atoms with Gasteiger partial charge in [0.25, 0.3) is 0 Å². The van der Waals surface area contributed by atoms with E-state index in [1.807, 2.05) is 0 Å². The lowest BCUT2D eigenvalue weighted by Crippen LogP contribution is -2.31. The minimum Gasteiger partial charge on any atom is -0.347 e. The first-order valence-corrected chi connectivity index (χ1v) is 12.8. The summed E-state index contributed by atoms with van der Waals surface area (Å²) in [6.45, 7) is 6.98. The zero-order valence-corrected chi connectivity index (χ0v) is 21.5. The summed E-state index contributed by atoms with van der Waals surface area (Å²) in [6, 6.07) is 32.6. The number of likely N-dealkylation sites (N-methyl/N-ethyl adjacent to an activating group) is 1. The number of hydrogen-bond donors (Lipinski definition) is 0. The van der Waals surface area contributed by atoms with Crippen LogP contribution in [0.1, 0.15) is 37.5 Å². The molecular weight excluding hydrogens is 436 g/mol. The van der Waals surface area contributed by atoms with E-state index < -0.39 is 0 Å². The summed E-state index contributed by atoms with van der Waals surface area (Å²) >= 11 is 0. The van der Waals surface area contributed by atoms with E-state index in [2.05, 4.69) is 142 Å². The molecule has 2 heteroatoms.